The zero-order valence-corrected chi connectivity index (χ0v) is 11.9. The summed E-state index contributed by atoms with van der Waals surface area (Å²) in [6.07, 6.45) is 4.39. The van der Waals surface area contributed by atoms with Gasteiger partial charge in [0.2, 0.25) is 5.56 Å². The Balaban J connectivity index is 1.68. The van der Waals surface area contributed by atoms with Crippen LogP contribution in [0.2, 0.25) is 0 Å². The van der Waals surface area contributed by atoms with Crippen molar-refractivity contribution in [3.63, 3.8) is 0 Å². The van der Waals surface area contributed by atoms with Gasteiger partial charge in [-0.1, -0.05) is 0 Å². The Bertz CT molecular complexity index is 684. The Labute approximate surface area is 122 Å². The molecule has 21 heavy (non-hydrogen) atoms. The van der Waals surface area contributed by atoms with Gasteiger partial charge in [-0.15, -0.1) is 0 Å². The van der Waals surface area contributed by atoms with Crippen molar-refractivity contribution < 1.29 is 9.21 Å². The van der Waals surface area contributed by atoms with Crippen molar-refractivity contribution in [1.29, 1.82) is 0 Å². The summed E-state index contributed by atoms with van der Waals surface area (Å²) in [5.74, 6) is 1.01. The standard InChI is InChI=1S/C16H18N2O3/c1-10(7-13-3-2-6-21-13)17-16(20)12-8-14(11-4-5-11)18-15(19)9-12/h2-3,6,8-11H,4-5,7H2,1H3,(H,17,20)(H,18,19). The Morgan fingerprint density at radius 1 is 1.48 bits per heavy atom. The zero-order valence-electron chi connectivity index (χ0n) is 11.9. The molecular weight excluding hydrogens is 268 g/mol. The number of nitrogens with one attached hydrogen (secondary N) is 2. The molecule has 2 aromatic rings. The van der Waals surface area contributed by atoms with E-state index in [1.807, 2.05) is 19.1 Å². The summed E-state index contributed by atoms with van der Waals surface area (Å²) in [6.45, 7) is 1.91. The van der Waals surface area contributed by atoms with Gasteiger partial charge in [0.25, 0.3) is 5.91 Å². The number of hydrogen-bond acceptors (Lipinski definition) is 3. The van der Waals surface area contributed by atoms with E-state index in [0.29, 0.717) is 17.9 Å². The van der Waals surface area contributed by atoms with E-state index in [4.69, 9.17) is 4.42 Å². The molecule has 1 aliphatic rings. The Kier molecular flexibility index (Phi) is 3.64. The topological polar surface area (TPSA) is 75.1 Å². The van der Waals surface area contributed by atoms with Gasteiger partial charge in [-0.05, 0) is 43.9 Å². The van der Waals surface area contributed by atoms with Crippen LogP contribution in [-0.4, -0.2) is 16.9 Å². The van der Waals surface area contributed by atoms with Crippen molar-refractivity contribution in [1.82, 2.24) is 10.3 Å². The van der Waals surface area contributed by atoms with Crippen LogP contribution < -0.4 is 10.9 Å². The molecule has 0 saturated heterocycles. The van der Waals surface area contributed by atoms with Crippen molar-refractivity contribution in [2.45, 2.75) is 38.1 Å². The molecule has 3 rings (SSSR count). The van der Waals surface area contributed by atoms with Crippen molar-refractivity contribution >= 4 is 5.91 Å². The highest BCUT2D eigenvalue weighted by Gasteiger charge is 2.25. The maximum Gasteiger partial charge on any atom is 0.251 e. The Morgan fingerprint density at radius 2 is 2.29 bits per heavy atom. The van der Waals surface area contributed by atoms with Crippen LogP contribution in [0.3, 0.4) is 0 Å². The largest absolute Gasteiger partial charge is 0.469 e. The first kappa shape index (κ1) is 13.7. The van der Waals surface area contributed by atoms with Crippen LogP contribution in [-0.2, 0) is 6.42 Å². The van der Waals surface area contributed by atoms with Gasteiger partial charge >= 0.3 is 0 Å². The molecule has 5 nitrogen and oxygen atoms in total. The lowest BCUT2D eigenvalue weighted by Gasteiger charge is -2.13. The minimum absolute atomic E-state index is 0.0627. The van der Waals surface area contributed by atoms with Gasteiger partial charge in [0.1, 0.15) is 5.76 Å². The number of carbonyl (C=O) groups is 1. The second-order valence-electron chi connectivity index (χ2n) is 5.62. The molecule has 1 aliphatic carbocycles. The monoisotopic (exact) mass is 286 g/mol. The molecule has 2 N–H and O–H groups in total. The summed E-state index contributed by atoms with van der Waals surface area (Å²) in [6, 6.07) is 6.77. The first-order valence-corrected chi connectivity index (χ1v) is 7.19. The SMILES string of the molecule is CC(Cc1ccco1)NC(=O)c1cc(C2CC2)[nH]c(=O)c1. The number of hydrogen-bond donors (Lipinski definition) is 2. The predicted molar refractivity (Wildman–Crippen MR) is 78.4 cm³/mol. The van der Waals surface area contributed by atoms with Crippen LogP contribution in [0.25, 0.3) is 0 Å². The lowest BCUT2D eigenvalue weighted by atomic mass is 10.1. The molecule has 2 aromatic heterocycles. The fraction of sp³-hybridized carbons (Fsp3) is 0.375. The molecule has 110 valence electrons. The second kappa shape index (κ2) is 5.60. The predicted octanol–water partition coefficient (Wildman–Crippen LogP) is 2.21. The van der Waals surface area contributed by atoms with Crippen LogP contribution in [0, 0.1) is 0 Å². The zero-order chi connectivity index (χ0) is 14.8. The molecule has 0 aromatic carbocycles. The highest BCUT2D eigenvalue weighted by atomic mass is 16.3. The second-order valence-corrected chi connectivity index (χ2v) is 5.62. The Morgan fingerprint density at radius 3 is 2.95 bits per heavy atom. The molecule has 0 radical (unpaired) electrons. The molecule has 1 unspecified atom stereocenters. The minimum atomic E-state index is -0.220. The number of aromatic amines is 1. The summed E-state index contributed by atoms with van der Waals surface area (Å²) >= 11 is 0. The minimum Gasteiger partial charge on any atom is -0.469 e. The first-order valence-electron chi connectivity index (χ1n) is 7.19. The van der Waals surface area contributed by atoms with Gasteiger partial charge < -0.3 is 14.7 Å². The van der Waals surface area contributed by atoms with Crippen LogP contribution in [0.15, 0.2) is 39.7 Å². The van der Waals surface area contributed by atoms with Gasteiger partial charge in [0, 0.05) is 29.8 Å². The van der Waals surface area contributed by atoms with Gasteiger partial charge in [0.15, 0.2) is 0 Å². The van der Waals surface area contributed by atoms with E-state index in [1.165, 1.54) is 6.07 Å². The number of aromatic nitrogens is 1. The van der Waals surface area contributed by atoms with E-state index in [9.17, 15) is 9.59 Å². The lowest BCUT2D eigenvalue weighted by molar-refractivity contribution is 0.0939. The first-order chi connectivity index (χ1) is 10.1. The Hall–Kier alpha value is -2.30. The smallest absolute Gasteiger partial charge is 0.251 e. The molecule has 1 saturated carbocycles. The van der Waals surface area contributed by atoms with Crippen LogP contribution in [0.5, 0.6) is 0 Å². The summed E-state index contributed by atoms with van der Waals surface area (Å²) in [7, 11) is 0. The third kappa shape index (κ3) is 3.42. The summed E-state index contributed by atoms with van der Waals surface area (Å²) < 4.78 is 5.26. The fourth-order valence-corrected chi connectivity index (χ4v) is 2.40. The van der Waals surface area contributed by atoms with Gasteiger partial charge in [-0.2, -0.15) is 0 Å². The van der Waals surface area contributed by atoms with Crippen molar-refractivity contribution in [2.75, 3.05) is 0 Å². The van der Waals surface area contributed by atoms with E-state index >= 15 is 0 Å². The summed E-state index contributed by atoms with van der Waals surface area (Å²) in [4.78, 5) is 26.7. The highest BCUT2D eigenvalue weighted by Crippen LogP contribution is 2.38. The van der Waals surface area contributed by atoms with Gasteiger partial charge in [-0.25, -0.2) is 0 Å². The van der Waals surface area contributed by atoms with Crippen LogP contribution >= 0.6 is 0 Å². The van der Waals surface area contributed by atoms with Crippen molar-refractivity contribution in [3.8, 4) is 0 Å². The van der Waals surface area contributed by atoms with Crippen LogP contribution in [0.4, 0.5) is 0 Å². The molecule has 2 heterocycles. The van der Waals surface area contributed by atoms with E-state index in [2.05, 4.69) is 10.3 Å². The molecular formula is C16H18N2O3. The van der Waals surface area contributed by atoms with Crippen molar-refractivity contribution in [2.24, 2.45) is 0 Å². The third-order valence-corrected chi connectivity index (χ3v) is 3.61. The van der Waals surface area contributed by atoms with E-state index < -0.39 is 0 Å². The highest BCUT2D eigenvalue weighted by molar-refractivity contribution is 5.94. The molecule has 1 amide bonds. The summed E-state index contributed by atoms with van der Waals surface area (Å²) in [5, 5.41) is 2.90. The molecule has 0 spiro atoms. The number of pyridine rings is 1. The average Bonchev–Trinajstić information content (AvgIpc) is 3.17. The molecule has 1 fully saturated rings. The molecule has 5 heteroatoms. The third-order valence-electron chi connectivity index (χ3n) is 3.61. The number of furan rings is 1. The summed E-state index contributed by atoms with van der Waals surface area (Å²) in [5.41, 5.74) is 1.07. The number of rotatable bonds is 5. The normalized spacial score (nSPS) is 15.7. The fourth-order valence-electron chi connectivity index (χ4n) is 2.40. The maximum absolute atomic E-state index is 12.2. The quantitative estimate of drug-likeness (QED) is 0.884. The van der Waals surface area contributed by atoms with E-state index in [0.717, 1.165) is 24.3 Å². The van der Waals surface area contributed by atoms with Crippen LogP contribution in [0.1, 0.15) is 47.5 Å². The number of amides is 1. The molecule has 0 aliphatic heterocycles. The molecule has 0 bridgehead atoms. The molecule has 1 atom stereocenters. The van der Waals surface area contributed by atoms with Crippen molar-refractivity contribution in [3.05, 3.63) is 57.9 Å². The van der Waals surface area contributed by atoms with Gasteiger partial charge in [-0.3, -0.25) is 9.59 Å². The number of H-pyrrole nitrogens is 1. The van der Waals surface area contributed by atoms with E-state index in [1.54, 1.807) is 12.3 Å². The lowest BCUT2D eigenvalue weighted by Crippen LogP contribution is -2.34. The maximum atomic E-state index is 12.2. The van der Waals surface area contributed by atoms with E-state index in [-0.39, 0.29) is 17.5 Å². The number of carbonyl (C=O) groups excluding carboxylic acids is 1. The average molecular weight is 286 g/mol. The van der Waals surface area contributed by atoms with Gasteiger partial charge in [0.05, 0.1) is 6.26 Å².